The van der Waals surface area contributed by atoms with Gasteiger partial charge in [0.15, 0.2) is 11.5 Å². The highest BCUT2D eigenvalue weighted by Crippen LogP contribution is 2.29. The fourth-order valence-corrected chi connectivity index (χ4v) is 3.66. The molecule has 0 aromatic heterocycles. The largest absolute Gasteiger partial charge is 0.497 e. The quantitative estimate of drug-likeness (QED) is 0.418. The highest BCUT2D eigenvalue weighted by atomic mass is 16.5. The Morgan fingerprint density at radius 2 is 1.66 bits per heavy atom. The molecule has 0 aliphatic heterocycles. The summed E-state index contributed by atoms with van der Waals surface area (Å²) in [7, 11) is 1.61. The van der Waals surface area contributed by atoms with Crippen molar-refractivity contribution in [3.8, 4) is 17.2 Å². The Balaban J connectivity index is 2.20. The second kappa shape index (κ2) is 14.2. The number of aryl methyl sites for hydroxylation is 1. The van der Waals surface area contributed by atoms with E-state index in [4.69, 9.17) is 14.2 Å². The van der Waals surface area contributed by atoms with E-state index in [1.807, 2.05) is 70.2 Å². The first-order chi connectivity index (χ1) is 16.8. The third-order valence-corrected chi connectivity index (χ3v) is 5.89. The first-order valence-electron chi connectivity index (χ1n) is 12.4. The number of carbonyl (C=O) groups is 2. The number of methoxy groups -OCH3 is 1. The van der Waals surface area contributed by atoms with Gasteiger partial charge in [0, 0.05) is 19.0 Å². The Morgan fingerprint density at radius 1 is 0.943 bits per heavy atom. The Morgan fingerprint density at radius 3 is 2.31 bits per heavy atom. The summed E-state index contributed by atoms with van der Waals surface area (Å²) in [5.74, 6) is 1.83. The number of nitrogens with one attached hydrogen (secondary N) is 1. The zero-order valence-electron chi connectivity index (χ0n) is 21.9. The number of nitrogens with zero attached hydrogens (tertiary/aromatic N) is 1. The smallest absolute Gasteiger partial charge is 0.242 e. The van der Waals surface area contributed by atoms with E-state index in [0.717, 1.165) is 17.5 Å². The topological polar surface area (TPSA) is 77.1 Å². The van der Waals surface area contributed by atoms with Crippen LogP contribution < -0.4 is 19.5 Å². The number of hydrogen-bond acceptors (Lipinski definition) is 5. The summed E-state index contributed by atoms with van der Waals surface area (Å²) in [6.45, 7) is 11.0. The molecule has 7 heteroatoms. The Labute approximate surface area is 209 Å². The zero-order chi connectivity index (χ0) is 25.8. The molecule has 0 spiro atoms. The molecular formula is C28H40N2O5. The van der Waals surface area contributed by atoms with Gasteiger partial charge in [-0.2, -0.15) is 0 Å². The standard InChI is InChI=1S/C28H40N2O5/c1-7-20(4)29-28(32)21(5)30(19-23-11-10-12-24(17-23)33-6)27(31)16-14-22-13-15-25(34-8-2)26(18-22)35-9-3/h10-13,15,17-18,20-21H,7-9,14,16,19H2,1-6H3,(H,29,32)/t20-,21+/m1/s1. The van der Waals surface area contributed by atoms with Crippen LogP contribution in [0, 0.1) is 0 Å². The summed E-state index contributed by atoms with van der Waals surface area (Å²) in [4.78, 5) is 28.0. The highest BCUT2D eigenvalue weighted by molar-refractivity contribution is 5.87. The molecule has 192 valence electrons. The molecule has 0 unspecified atom stereocenters. The van der Waals surface area contributed by atoms with Gasteiger partial charge >= 0.3 is 0 Å². The van der Waals surface area contributed by atoms with E-state index in [-0.39, 0.29) is 24.3 Å². The normalized spacial score (nSPS) is 12.4. The molecule has 0 bridgehead atoms. The van der Waals surface area contributed by atoms with Crippen molar-refractivity contribution in [2.45, 2.75) is 72.5 Å². The molecule has 7 nitrogen and oxygen atoms in total. The minimum Gasteiger partial charge on any atom is -0.497 e. The molecule has 1 N–H and O–H groups in total. The third kappa shape index (κ3) is 8.50. The van der Waals surface area contributed by atoms with Gasteiger partial charge in [0.2, 0.25) is 11.8 Å². The van der Waals surface area contributed by atoms with E-state index >= 15 is 0 Å². The van der Waals surface area contributed by atoms with Crippen LogP contribution in [0.3, 0.4) is 0 Å². The fourth-order valence-electron chi connectivity index (χ4n) is 3.66. The molecule has 0 aliphatic rings. The van der Waals surface area contributed by atoms with Crippen LogP contribution in [-0.2, 0) is 22.6 Å². The fraction of sp³-hybridized carbons (Fsp3) is 0.500. The van der Waals surface area contributed by atoms with E-state index in [0.29, 0.717) is 43.4 Å². The molecule has 0 radical (unpaired) electrons. The molecule has 35 heavy (non-hydrogen) atoms. The molecule has 2 amide bonds. The summed E-state index contributed by atoms with van der Waals surface area (Å²) < 4.78 is 16.7. The number of ether oxygens (including phenoxy) is 3. The van der Waals surface area contributed by atoms with Crippen molar-refractivity contribution >= 4 is 11.8 Å². The van der Waals surface area contributed by atoms with Gasteiger partial charge < -0.3 is 24.4 Å². The van der Waals surface area contributed by atoms with Crippen LogP contribution in [0.5, 0.6) is 17.2 Å². The Hall–Kier alpha value is -3.22. The Kier molecular flexibility index (Phi) is 11.4. The predicted octanol–water partition coefficient (Wildman–Crippen LogP) is 4.76. The third-order valence-electron chi connectivity index (χ3n) is 5.89. The van der Waals surface area contributed by atoms with Crippen LogP contribution in [-0.4, -0.2) is 49.1 Å². The van der Waals surface area contributed by atoms with Crippen LogP contribution in [0.15, 0.2) is 42.5 Å². The monoisotopic (exact) mass is 484 g/mol. The SMILES string of the molecule is CCOc1ccc(CCC(=O)N(Cc2cccc(OC)c2)[C@@H](C)C(=O)N[C@H](C)CC)cc1OCC. The molecule has 0 saturated heterocycles. The van der Waals surface area contributed by atoms with Crippen molar-refractivity contribution < 1.29 is 23.8 Å². The Bertz CT molecular complexity index is 962. The average molecular weight is 485 g/mol. The van der Waals surface area contributed by atoms with Crippen molar-refractivity contribution in [2.24, 2.45) is 0 Å². The van der Waals surface area contributed by atoms with Gasteiger partial charge in [0.05, 0.1) is 20.3 Å². The lowest BCUT2D eigenvalue weighted by molar-refractivity contribution is -0.140. The van der Waals surface area contributed by atoms with Crippen molar-refractivity contribution in [1.82, 2.24) is 10.2 Å². The maximum absolute atomic E-state index is 13.4. The highest BCUT2D eigenvalue weighted by Gasteiger charge is 2.26. The summed E-state index contributed by atoms with van der Waals surface area (Å²) in [5.41, 5.74) is 1.88. The maximum Gasteiger partial charge on any atom is 0.242 e. The van der Waals surface area contributed by atoms with Crippen LogP contribution >= 0.6 is 0 Å². The molecule has 2 aromatic carbocycles. The predicted molar refractivity (Wildman–Crippen MR) is 138 cm³/mol. The van der Waals surface area contributed by atoms with Crippen molar-refractivity contribution in [1.29, 1.82) is 0 Å². The van der Waals surface area contributed by atoms with Gasteiger partial charge in [0.25, 0.3) is 0 Å². The lowest BCUT2D eigenvalue weighted by Crippen LogP contribution is -2.49. The first-order valence-corrected chi connectivity index (χ1v) is 12.4. The second-order valence-corrected chi connectivity index (χ2v) is 8.51. The van der Waals surface area contributed by atoms with E-state index in [1.54, 1.807) is 18.9 Å². The average Bonchev–Trinajstić information content (AvgIpc) is 2.87. The minimum atomic E-state index is -0.609. The van der Waals surface area contributed by atoms with E-state index in [1.165, 1.54) is 0 Å². The second-order valence-electron chi connectivity index (χ2n) is 8.51. The van der Waals surface area contributed by atoms with Crippen LogP contribution in [0.2, 0.25) is 0 Å². The van der Waals surface area contributed by atoms with Gasteiger partial charge in [-0.15, -0.1) is 0 Å². The van der Waals surface area contributed by atoms with Crippen molar-refractivity contribution in [3.63, 3.8) is 0 Å². The van der Waals surface area contributed by atoms with E-state index < -0.39 is 6.04 Å². The number of amides is 2. The lowest BCUT2D eigenvalue weighted by Gasteiger charge is -2.30. The molecule has 2 aromatic rings. The van der Waals surface area contributed by atoms with Gasteiger partial charge in [-0.05, 0) is 75.9 Å². The summed E-state index contributed by atoms with van der Waals surface area (Å²) in [6.07, 6.45) is 1.62. The summed E-state index contributed by atoms with van der Waals surface area (Å²) in [5, 5.41) is 3.00. The minimum absolute atomic E-state index is 0.0413. The molecule has 2 rings (SSSR count). The lowest BCUT2D eigenvalue weighted by atomic mass is 10.1. The molecule has 2 atom stereocenters. The van der Waals surface area contributed by atoms with Gasteiger partial charge in [-0.25, -0.2) is 0 Å². The van der Waals surface area contributed by atoms with E-state index in [9.17, 15) is 9.59 Å². The number of carbonyl (C=O) groups excluding carboxylic acids is 2. The zero-order valence-corrected chi connectivity index (χ0v) is 21.9. The molecule has 0 saturated carbocycles. The molecule has 0 fully saturated rings. The molecular weight excluding hydrogens is 444 g/mol. The van der Waals surface area contributed by atoms with Gasteiger partial charge in [-0.3, -0.25) is 9.59 Å². The van der Waals surface area contributed by atoms with Gasteiger partial charge in [0.1, 0.15) is 11.8 Å². The van der Waals surface area contributed by atoms with Gasteiger partial charge in [-0.1, -0.05) is 25.1 Å². The number of hydrogen-bond donors (Lipinski definition) is 1. The number of benzene rings is 2. The van der Waals surface area contributed by atoms with E-state index in [2.05, 4.69) is 5.32 Å². The van der Waals surface area contributed by atoms with Crippen molar-refractivity contribution in [2.75, 3.05) is 20.3 Å². The summed E-state index contributed by atoms with van der Waals surface area (Å²) in [6, 6.07) is 12.8. The van der Waals surface area contributed by atoms with Crippen LogP contribution in [0.4, 0.5) is 0 Å². The maximum atomic E-state index is 13.4. The summed E-state index contributed by atoms with van der Waals surface area (Å²) >= 11 is 0. The van der Waals surface area contributed by atoms with Crippen molar-refractivity contribution in [3.05, 3.63) is 53.6 Å². The molecule has 0 aliphatic carbocycles. The number of rotatable bonds is 14. The van der Waals surface area contributed by atoms with Crippen LogP contribution in [0.25, 0.3) is 0 Å². The first kappa shape index (κ1) is 28.0. The molecule has 0 heterocycles. The van der Waals surface area contributed by atoms with Crippen LogP contribution in [0.1, 0.15) is 58.6 Å².